The number of hydrogen-bond acceptors (Lipinski definition) is 3. The van der Waals surface area contributed by atoms with Crippen LogP contribution in [-0.4, -0.2) is 42.1 Å². The van der Waals surface area contributed by atoms with Crippen LogP contribution >= 0.6 is 0 Å². The van der Waals surface area contributed by atoms with Gasteiger partial charge in [-0.05, 0) is 39.0 Å². The van der Waals surface area contributed by atoms with Gasteiger partial charge in [-0.15, -0.1) is 0 Å². The number of halogens is 1. The van der Waals surface area contributed by atoms with Crippen LogP contribution in [0.1, 0.15) is 20.8 Å². The minimum atomic E-state index is -0.357. The Morgan fingerprint density at radius 3 is 2.65 bits per heavy atom. The third-order valence-corrected chi connectivity index (χ3v) is 3.47. The van der Waals surface area contributed by atoms with Gasteiger partial charge in [0.2, 0.25) is 5.91 Å². The van der Waals surface area contributed by atoms with E-state index in [0.717, 1.165) is 13.1 Å². The summed E-state index contributed by atoms with van der Waals surface area (Å²) in [5.74, 6) is -0.485. The van der Waals surface area contributed by atoms with Gasteiger partial charge in [-0.3, -0.25) is 9.69 Å². The lowest BCUT2D eigenvalue weighted by Gasteiger charge is -2.38. The van der Waals surface area contributed by atoms with Crippen LogP contribution in [0.2, 0.25) is 0 Å². The lowest BCUT2D eigenvalue weighted by atomic mass is 10.1. The van der Waals surface area contributed by atoms with E-state index in [1.165, 1.54) is 12.1 Å². The molecule has 0 aliphatic carbocycles. The van der Waals surface area contributed by atoms with E-state index in [-0.39, 0.29) is 30.0 Å². The van der Waals surface area contributed by atoms with Gasteiger partial charge in [-0.1, -0.05) is 6.07 Å². The van der Waals surface area contributed by atoms with Crippen molar-refractivity contribution in [2.45, 2.75) is 39.0 Å². The summed E-state index contributed by atoms with van der Waals surface area (Å²) in [5.41, 5.74) is 0.483. The van der Waals surface area contributed by atoms with Crippen molar-refractivity contribution in [2.24, 2.45) is 0 Å². The molecule has 0 saturated carbocycles. The zero-order chi connectivity index (χ0) is 14.7. The van der Waals surface area contributed by atoms with Gasteiger partial charge in [0.05, 0.1) is 18.2 Å². The molecule has 2 rings (SSSR count). The zero-order valence-corrected chi connectivity index (χ0v) is 12.1. The normalized spacial score (nSPS) is 25.2. The fourth-order valence-electron chi connectivity index (χ4n) is 2.51. The molecule has 1 saturated heterocycles. The minimum Gasteiger partial charge on any atom is -0.373 e. The molecule has 0 radical (unpaired) electrons. The molecule has 0 spiro atoms. The monoisotopic (exact) mass is 280 g/mol. The fourth-order valence-corrected chi connectivity index (χ4v) is 2.51. The van der Waals surface area contributed by atoms with Crippen LogP contribution in [0.25, 0.3) is 0 Å². The van der Waals surface area contributed by atoms with Gasteiger partial charge in [0.25, 0.3) is 0 Å². The first-order valence-corrected chi connectivity index (χ1v) is 6.91. The molecule has 1 amide bonds. The molecule has 1 aliphatic rings. The summed E-state index contributed by atoms with van der Waals surface area (Å²) in [4.78, 5) is 14.3. The number of amides is 1. The quantitative estimate of drug-likeness (QED) is 0.923. The number of hydrogen-bond donors (Lipinski definition) is 1. The Balaban J connectivity index is 1.98. The molecule has 1 aromatic rings. The highest BCUT2D eigenvalue weighted by Gasteiger charge is 2.29. The van der Waals surface area contributed by atoms with Crippen molar-refractivity contribution in [3.05, 3.63) is 30.1 Å². The number of morpholine rings is 1. The minimum absolute atomic E-state index is 0.114. The van der Waals surface area contributed by atoms with E-state index >= 15 is 0 Å². The van der Waals surface area contributed by atoms with Crippen LogP contribution in [-0.2, 0) is 9.53 Å². The van der Waals surface area contributed by atoms with E-state index in [1.54, 1.807) is 12.1 Å². The summed E-state index contributed by atoms with van der Waals surface area (Å²) < 4.78 is 18.8. The van der Waals surface area contributed by atoms with Gasteiger partial charge in [0.15, 0.2) is 0 Å². The molecule has 3 unspecified atom stereocenters. The maximum Gasteiger partial charge on any atom is 0.241 e. The van der Waals surface area contributed by atoms with Crippen LogP contribution in [0.15, 0.2) is 24.3 Å². The number of benzene rings is 1. The molecule has 4 nitrogen and oxygen atoms in total. The van der Waals surface area contributed by atoms with E-state index in [2.05, 4.69) is 10.2 Å². The second-order valence-corrected chi connectivity index (χ2v) is 5.39. The summed E-state index contributed by atoms with van der Waals surface area (Å²) >= 11 is 0. The number of rotatable bonds is 3. The van der Waals surface area contributed by atoms with Gasteiger partial charge >= 0.3 is 0 Å². The number of nitrogens with one attached hydrogen (secondary N) is 1. The first-order chi connectivity index (χ1) is 9.45. The third kappa shape index (κ3) is 3.77. The maximum absolute atomic E-state index is 13.1. The molecule has 1 N–H and O–H groups in total. The molecule has 0 aromatic heterocycles. The Morgan fingerprint density at radius 1 is 1.40 bits per heavy atom. The van der Waals surface area contributed by atoms with Crippen molar-refractivity contribution in [1.29, 1.82) is 0 Å². The molecular weight excluding hydrogens is 259 g/mol. The fraction of sp³-hybridized carbons (Fsp3) is 0.533. The summed E-state index contributed by atoms with van der Waals surface area (Å²) in [6.07, 6.45) is 0.228. The predicted octanol–water partition coefficient (Wildman–Crippen LogP) is 2.26. The first-order valence-electron chi connectivity index (χ1n) is 6.91. The Labute approximate surface area is 118 Å². The molecule has 5 heteroatoms. The van der Waals surface area contributed by atoms with Gasteiger partial charge in [-0.2, -0.15) is 0 Å². The number of nitrogens with zero attached hydrogens (tertiary/aromatic N) is 1. The maximum atomic E-state index is 13.1. The number of ether oxygens (including phenoxy) is 1. The van der Waals surface area contributed by atoms with Crippen LogP contribution in [0.5, 0.6) is 0 Å². The van der Waals surface area contributed by atoms with E-state index in [0.29, 0.717) is 5.69 Å². The summed E-state index contributed by atoms with van der Waals surface area (Å²) in [7, 11) is 0. The summed E-state index contributed by atoms with van der Waals surface area (Å²) in [6.45, 7) is 7.31. The highest BCUT2D eigenvalue weighted by atomic mass is 19.1. The molecule has 110 valence electrons. The molecule has 1 heterocycles. The third-order valence-electron chi connectivity index (χ3n) is 3.47. The standard InChI is InChI=1S/C15H21FN2O2/c1-10-8-18(9-11(2)20-10)12(3)15(19)17-14-6-4-5-13(16)7-14/h4-7,10-12H,8-9H2,1-3H3,(H,17,19). The first kappa shape index (κ1) is 14.9. The second-order valence-electron chi connectivity index (χ2n) is 5.39. The highest BCUT2D eigenvalue weighted by molar-refractivity contribution is 5.94. The highest BCUT2D eigenvalue weighted by Crippen LogP contribution is 2.15. The lowest BCUT2D eigenvalue weighted by molar-refractivity contribution is -0.126. The average Bonchev–Trinajstić information content (AvgIpc) is 2.36. The number of anilines is 1. The number of carbonyl (C=O) groups excluding carboxylic acids is 1. The van der Waals surface area contributed by atoms with Gasteiger partial charge in [0, 0.05) is 18.8 Å². The molecule has 1 aromatic carbocycles. The molecule has 3 atom stereocenters. The lowest BCUT2D eigenvalue weighted by Crippen LogP contribution is -2.52. The van der Waals surface area contributed by atoms with E-state index < -0.39 is 0 Å². The van der Waals surface area contributed by atoms with E-state index in [1.807, 2.05) is 20.8 Å². The topological polar surface area (TPSA) is 41.6 Å². The van der Waals surface area contributed by atoms with Crippen molar-refractivity contribution in [2.75, 3.05) is 18.4 Å². The van der Waals surface area contributed by atoms with Gasteiger partial charge in [0.1, 0.15) is 5.82 Å². The average molecular weight is 280 g/mol. The largest absolute Gasteiger partial charge is 0.373 e. The van der Waals surface area contributed by atoms with Gasteiger partial charge < -0.3 is 10.1 Å². The predicted molar refractivity (Wildman–Crippen MR) is 76.1 cm³/mol. The number of carbonyl (C=O) groups is 1. The molecular formula is C15H21FN2O2. The molecule has 20 heavy (non-hydrogen) atoms. The second kappa shape index (κ2) is 6.33. The Bertz CT molecular complexity index is 471. The van der Waals surface area contributed by atoms with Crippen LogP contribution in [0.3, 0.4) is 0 Å². The Hall–Kier alpha value is -1.46. The van der Waals surface area contributed by atoms with Crippen LogP contribution in [0, 0.1) is 5.82 Å². The SMILES string of the molecule is CC1CN(C(C)C(=O)Nc2cccc(F)c2)CC(C)O1. The van der Waals surface area contributed by atoms with Crippen molar-refractivity contribution < 1.29 is 13.9 Å². The van der Waals surface area contributed by atoms with E-state index in [4.69, 9.17) is 4.74 Å². The Morgan fingerprint density at radius 2 is 2.05 bits per heavy atom. The zero-order valence-electron chi connectivity index (χ0n) is 12.1. The smallest absolute Gasteiger partial charge is 0.241 e. The van der Waals surface area contributed by atoms with Crippen molar-refractivity contribution in [3.63, 3.8) is 0 Å². The van der Waals surface area contributed by atoms with E-state index in [9.17, 15) is 9.18 Å². The van der Waals surface area contributed by atoms with Gasteiger partial charge in [-0.25, -0.2) is 4.39 Å². The van der Waals surface area contributed by atoms with Crippen LogP contribution in [0.4, 0.5) is 10.1 Å². The molecule has 0 bridgehead atoms. The Kier molecular flexibility index (Phi) is 4.73. The molecule has 1 aliphatic heterocycles. The van der Waals surface area contributed by atoms with Crippen molar-refractivity contribution >= 4 is 11.6 Å². The summed E-state index contributed by atoms with van der Waals surface area (Å²) in [5, 5.41) is 2.75. The van der Waals surface area contributed by atoms with Crippen molar-refractivity contribution in [1.82, 2.24) is 4.90 Å². The summed E-state index contributed by atoms with van der Waals surface area (Å²) in [6, 6.07) is 5.65. The van der Waals surface area contributed by atoms with Crippen molar-refractivity contribution in [3.8, 4) is 0 Å². The van der Waals surface area contributed by atoms with Crippen LogP contribution < -0.4 is 5.32 Å². The molecule has 1 fully saturated rings.